The number of fused-ring (bicyclic) bond motifs is 14. The number of nitrogens with one attached hydrogen (secondary N) is 1. The molecule has 3 aliphatic rings. The summed E-state index contributed by atoms with van der Waals surface area (Å²) in [6.45, 7) is 12.4. The minimum atomic E-state index is -2.07. The number of hydrogen-bond acceptors (Lipinski definition) is 13. The summed E-state index contributed by atoms with van der Waals surface area (Å²) < 4.78 is 23.5. The van der Waals surface area contributed by atoms with Gasteiger partial charge in [0.05, 0.1) is 52.5 Å². The average molecular weight is 835 g/mol. The number of esters is 1. The van der Waals surface area contributed by atoms with Crippen LogP contribution in [0.15, 0.2) is 65.4 Å². The van der Waals surface area contributed by atoms with Gasteiger partial charge in [0.1, 0.15) is 23.4 Å². The Morgan fingerprint density at radius 2 is 1.59 bits per heavy atom. The van der Waals surface area contributed by atoms with Gasteiger partial charge in [-0.2, -0.15) is 0 Å². The molecular weight excluding hydrogens is 784 g/mol. The lowest BCUT2D eigenvalue weighted by molar-refractivity contribution is -0.160. The summed E-state index contributed by atoms with van der Waals surface area (Å²) in [5.41, 5.74) is -0.173. The molecule has 0 radical (unpaired) electrons. The van der Waals surface area contributed by atoms with E-state index in [4.69, 9.17) is 30.5 Å². The van der Waals surface area contributed by atoms with E-state index < -0.39 is 88.8 Å². The first-order valence-corrected chi connectivity index (χ1v) is 19.5. The highest BCUT2D eigenvalue weighted by Gasteiger charge is 2.50. The van der Waals surface area contributed by atoms with Gasteiger partial charge >= 0.3 is 11.8 Å². The summed E-state index contributed by atoms with van der Waals surface area (Å²) >= 11 is 6.05. The maximum Gasteiger partial charge on any atom is 0.312 e. The summed E-state index contributed by atoms with van der Waals surface area (Å²) in [5, 5.41) is 60.7. The van der Waals surface area contributed by atoms with E-state index >= 15 is 0 Å². The molecule has 9 unspecified atom stereocenters. The Bertz CT molecular complexity index is 2250. The number of aliphatic hydroxyl groups excluding tert-OH is 2. The number of aliphatic hydroxyl groups is 2. The van der Waals surface area contributed by atoms with Crippen LogP contribution < -0.4 is 10.1 Å². The molecule has 3 heterocycles. The minimum absolute atomic E-state index is 0.0316. The normalized spacial score (nSPS) is 30.1. The van der Waals surface area contributed by atoms with Crippen LogP contribution in [0.4, 0.5) is 11.4 Å². The summed E-state index contributed by atoms with van der Waals surface area (Å²) in [6, 6.07) is 6.39. The number of phenols is 3. The Kier molecular flexibility index (Phi) is 13.5. The van der Waals surface area contributed by atoms with E-state index in [-0.39, 0.29) is 44.5 Å². The summed E-state index contributed by atoms with van der Waals surface area (Å²) in [5.74, 6) is -8.65. The second-order valence-electron chi connectivity index (χ2n) is 15.4. The Labute approximate surface area is 347 Å². The Morgan fingerprint density at radius 3 is 2.22 bits per heavy atom. The zero-order valence-corrected chi connectivity index (χ0v) is 35.1. The van der Waals surface area contributed by atoms with Crippen molar-refractivity contribution in [2.75, 3.05) is 12.4 Å². The Hall–Kier alpha value is -5.41. The van der Waals surface area contributed by atoms with E-state index in [9.17, 15) is 39.9 Å². The Morgan fingerprint density at radius 1 is 0.932 bits per heavy atom. The molecule has 3 aromatic rings. The molecule has 3 aliphatic heterocycles. The quantitative estimate of drug-likeness (QED) is 0.0669. The number of benzene rings is 3. The highest BCUT2D eigenvalue weighted by Crippen LogP contribution is 2.55. The number of aromatic hydroxyl groups is 3. The third-order valence-electron chi connectivity index (χ3n) is 11.2. The summed E-state index contributed by atoms with van der Waals surface area (Å²) in [4.78, 5) is 44.9. The van der Waals surface area contributed by atoms with Crippen LogP contribution in [0.5, 0.6) is 23.0 Å². The molecule has 14 nitrogen and oxygen atoms in total. The molecule has 0 spiro atoms. The molecule has 15 heteroatoms. The molecular formula is C44H51ClN2O12. The molecule has 1 amide bonds. The van der Waals surface area contributed by atoms with Crippen molar-refractivity contribution in [1.29, 1.82) is 0 Å². The number of allylic oxidation sites excluding steroid dienone is 2. The van der Waals surface area contributed by atoms with Crippen LogP contribution in [0.25, 0.3) is 10.8 Å². The van der Waals surface area contributed by atoms with Crippen molar-refractivity contribution >= 4 is 57.6 Å². The standard InChI is InChI=1S/C44H51ClN2O12/c1-20-11-10-12-21(2)43(55)47-34-29(19-46-28-15-13-27(45)14-16-28)38(52)31-32(39(34)53)37(51)25(6)41-33(31)42(54)44(8,59-41)57-18-17-30(56-9)22(3)40(58-26(7)48)24(5)36(50)23(4)35(20)49/h10-20,22-24,30,35-36,40,49-53H,1-9H3,(H,47,55)/b11-10+,18-17+,21-12-,46-19?. The van der Waals surface area contributed by atoms with Gasteiger partial charge < -0.3 is 49.8 Å². The predicted octanol–water partition coefficient (Wildman–Crippen LogP) is 7.16. The van der Waals surface area contributed by atoms with Gasteiger partial charge in [-0.15, -0.1) is 0 Å². The van der Waals surface area contributed by atoms with Crippen LogP contribution in [0, 0.1) is 30.6 Å². The number of Topliss-reactive ketones (excluding diaryl/α,β-unsaturated/α-hetero) is 1. The molecule has 3 aromatic carbocycles. The molecule has 5 bridgehead atoms. The van der Waals surface area contributed by atoms with Crippen molar-refractivity contribution in [3.8, 4) is 23.0 Å². The minimum Gasteiger partial charge on any atom is -0.507 e. The number of aliphatic imine (C=N–C) groups is 1. The summed E-state index contributed by atoms with van der Waals surface area (Å²) in [6.07, 6.45) is 4.62. The number of methoxy groups -OCH3 is 1. The van der Waals surface area contributed by atoms with Gasteiger partial charge in [0.15, 0.2) is 5.75 Å². The van der Waals surface area contributed by atoms with Gasteiger partial charge in [-0.25, -0.2) is 0 Å². The van der Waals surface area contributed by atoms with Crippen molar-refractivity contribution in [1.82, 2.24) is 0 Å². The fourth-order valence-electron chi connectivity index (χ4n) is 7.54. The van der Waals surface area contributed by atoms with Gasteiger partial charge in [0, 0.05) is 72.4 Å². The molecule has 59 heavy (non-hydrogen) atoms. The lowest BCUT2D eigenvalue weighted by atomic mass is 9.78. The maximum absolute atomic E-state index is 14.4. The lowest BCUT2D eigenvalue weighted by Crippen LogP contribution is -2.46. The number of hydrogen-bond donors (Lipinski definition) is 6. The SMILES string of the molecule is COC1/C=C/OC2(C)Oc3c(C)c(O)c4c(O)c(c(C=Nc5ccc(Cl)cc5)c(O)c4c3C2=O)NC(=O)/C(C)=C\C=C\C(C)C(O)C(C)C(O)C(C)C(OC(C)=O)C1C. The van der Waals surface area contributed by atoms with Gasteiger partial charge in [-0.05, 0) is 44.2 Å². The number of phenolic OH excluding ortho intramolecular Hbond substituents is 3. The second-order valence-corrected chi connectivity index (χ2v) is 15.8. The zero-order chi connectivity index (χ0) is 43.7. The molecule has 0 fully saturated rings. The average Bonchev–Trinajstić information content (AvgIpc) is 3.46. The topological polar surface area (TPSA) is 214 Å². The molecule has 316 valence electrons. The van der Waals surface area contributed by atoms with Crippen LogP contribution in [-0.4, -0.2) is 86.7 Å². The van der Waals surface area contributed by atoms with Crippen molar-refractivity contribution in [3.63, 3.8) is 0 Å². The molecule has 0 aromatic heterocycles. The zero-order valence-electron chi connectivity index (χ0n) is 34.3. The van der Waals surface area contributed by atoms with Crippen LogP contribution in [0.2, 0.25) is 5.02 Å². The number of ether oxygens (including phenoxy) is 4. The first-order valence-electron chi connectivity index (χ1n) is 19.1. The molecule has 6 N–H and O–H groups in total. The molecule has 0 saturated heterocycles. The third-order valence-corrected chi connectivity index (χ3v) is 11.5. The van der Waals surface area contributed by atoms with Gasteiger partial charge in [-0.1, -0.05) is 57.5 Å². The first-order chi connectivity index (χ1) is 27.7. The third kappa shape index (κ3) is 8.81. The monoisotopic (exact) mass is 834 g/mol. The van der Waals surface area contributed by atoms with Crippen LogP contribution in [0.1, 0.15) is 70.0 Å². The van der Waals surface area contributed by atoms with Crippen LogP contribution in [-0.2, 0) is 23.8 Å². The van der Waals surface area contributed by atoms with Crippen molar-refractivity contribution in [2.45, 2.75) is 85.6 Å². The van der Waals surface area contributed by atoms with Crippen LogP contribution >= 0.6 is 11.6 Å². The molecule has 0 saturated carbocycles. The number of carbonyl (C=O) groups is 3. The number of carbonyl (C=O) groups excluding carboxylic acids is 3. The van der Waals surface area contributed by atoms with E-state index in [1.54, 1.807) is 64.1 Å². The number of nitrogens with zero attached hydrogens (tertiary/aromatic N) is 1. The number of rotatable bonds is 4. The smallest absolute Gasteiger partial charge is 0.312 e. The number of amides is 1. The molecule has 0 aliphatic carbocycles. The largest absolute Gasteiger partial charge is 0.507 e. The summed E-state index contributed by atoms with van der Waals surface area (Å²) in [7, 11) is 1.43. The van der Waals surface area contributed by atoms with E-state index in [1.165, 1.54) is 59.4 Å². The Balaban J connectivity index is 1.73. The van der Waals surface area contributed by atoms with Crippen LogP contribution in [0.3, 0.4) is 0 Å². The highest BCUT2D eigenvalue weighted by atomic mass is 35.5. The highest BCUT2D eigenvalue weighted by molar-refractivity contribution is 6.30. The number of halogens is 1. The van der Waals surface area contributed by atoms with E-state index in [0.717, 1.165) is 0 Å². The molecule has 6 rings (SSSR count). The first kappa shape index (κ1) is 44.7. The van der Waals surface area contributed by atoms with Crippen molar-refractivity contribution < 1.29 is 58.9 Å². The van der Waals surface area contributed by atoms with Gasteiger partial charge in [0.25, 0.3) is 11.7 Å². The van der Waals surface area contributed by atoms with Crippen molar-refractivity contribution in [3.05, 3.63) is 82.1 Å². The number of anilines is 1. The van der Waals surface area contributed by atoms with E-state index in [1.807, 2.05) is 0 Å². The second kappa shape index (κ2) is 17.8. The predicted molar refractivity (Wildman–Crippen MR) is 223 cm³/mol. The van der Waals surface area contributed by atoms with Gasteiger partial charge in [-0.3, -0.25) is 19.4 Å². The van der Waals surface area contributed by atoms with Crippen molar-refractivity contribution in [2.24, 2.45) is 28.7 Å². The maximum atomic E-state index is 14.4. The molecule has 9 atom stereocenters. The number of ketones is 1. The fourth-order valence-corrected chi connectivity index (χ4v) is 7.66. The van der Waals surface area contributed by atoms with E-state index in [0.29, 0.717) is 10.7 Å². The fraction of sp³-hybridized carbons (Fsp3) is 0.409. The van der Waals surface area contributed by atoms with Gasteiger partial charge in [0.2, 0.25) is 0 Å². The van der Waals surface area contributed by atoms with E-state index in [2.05, 4.69) is 10.3 Å². The lowest BCUT2D eigenvalue weighted by Gasteiger charge is -2.38.